The van der Waals surface area contributed by atoms with Gasteiger partial charge in [0.05, 0.1) is 11.3 Å². The van der Waals surface area contributed by atoms with Crippen molar-refractivity contribution in [2.75, 3.05) is 11.9 Å². The molecule has 8 heteroatoms. The van der Waals surface area contributed by atoms with E-state index in [4.69, 9.17) is 0 Å². The number of nitrogens with one attached hydrogen (secondary N) is 2. The Balaban J connectivity index is 2.21. The number of benzene rings is 1. The Morgan fingerprint density at radius 2 is 1.64 bits per heavy atom. The summed E-state index contributed by atoms with van der Waals surface area (Å²) in [5, 5.41) is 4.80. The first-order valence-corrected chi connectivity index (χ1v) is 7.55. The Labute approximate surface area is 142 Å². The smallest absolute Gasteiger partial charge is 0.351 e. The molecule has 1 aromatic carbocycles. The molecule has 2 N–H and O–H groups in total. The van der Waals surface area contributed by atoms with Gasteiger partial charge in [-0.1, -0.05) is 25.1 Å². The van der Waals surface area contributed by atoms with E-state index in [9.17, 15) is 22.8 Å². The third kappa shape index (κ3) is 4.79. The number of pyridine rings is 1. The van der Waals surface area contributed by atoms with Crippen molar-refractivity contribution in [1.82, 2.24) is 10.3 Å². The van der Waals surface area contributed by atoms with Crippen LogP contribution in [0.1, 0.15) is 39.9 Å². The maximum absolute atomic E-state index is 13.0. The fourth-order valence-electron chi connectivity index (χ4n) is 2.04. The van der Waals surface area contributed by atoms with Gasteiger partial charge in [0.1, 0.15) is 11.4 Å². The largest absolute Gasteiger partial charge is 0.418 e. The van der Waals surface area contributed by atoms with Gasteiger partial charge in [-0.05, 0) is 30.7 Å². The summed E-state index contributed by atoms with van der Waals surface area (Å²) < 4.78 is 38.9. The van der Waals surface area contributed by atoms with Crippen LogP contribution in [-0.2, 0) is 6.18 Å². The summed E-state index contributed by atoms with van der Waals surface area (Å²) in [6, 6.07) is 8.82. The minimum atomic E-state index is -4.60. The lowest BCUT2D eigenvalue weighted by atomic mass is 10.1. The van der Waals surface area contributed by atoms with Crippen molar-refractivity contribution in [2.45, 2.75) is 19.5 Å². The molecule has 0 aliphatic carbocycles. The van der Waals surface area contributed by atoms with Crippen LogP contribution in [-0.4, -0.2) is 23.3 Å². The molecule has 132 valence electrons. The molecule has 2 amide bonds. The molecule has 0 bridgehead atoms. The lowest BCUT2D eigenvalue weighted by molar-refractivity contribution is -0.136. The van der Waals surface area contributed by atoms with Crippen molar-refractivity contribution < 1.29 is 22.8 Å². The Kier molecular flexibility index (Phi) is 5.74. The molecule has 2 rings (SSSR count). The molecule has 2 aromatic rings. The van der Waals surface area contributed by atoms with E-state index >= 15 is 0 Å². The van der Waals surface area contributed by atoms with E-state index < -0.39 is 23.6 Å². The summed E-state index contributed by atoms with van der Waals surface area (Å²) in [4.78, 5) is 28.0. The van der Waals surface area contributed by atoms with Crippen LogP contribution in [0.25, 0.3) is 0 Å². The van der Waals surface area contributed by atoms with Crippen molar-refractivity contribution in [3.8, 4) is 0 Å². The van der Waals surface area contributed by atoms with Crippen molar-refractivity contribution in [3.63, 3.8) is 0 Å². The Bertz CT molecular complexity index is 776. The Hall–Kier alpha value is -2.90. The number of hydrogen-bond acceptors (Lipinski definition) is 3. The minimum Gasteiger partial charge on any atom is -0.351 e. The molecule has 0 aliphatic rings. The predicted molar refractivity (Wildman–Crippen MR) is 86.3 cm³/mol. The van der Waals surface area contributed by atoms with Crippen LogP contribution in [0.2, 0.25) is 0 Å². The average Bonchev–Trinajstić information content (AvgIpc) is 2.59. The van der Waals surface area contributed by atoms with Crippen LogP contribution in [0.4, 0.5) is 18.9 Å². The first-order chi connectivity index (χ1) is 11.8. The Morgan fingerprint density at radius 3 is 2.28 bits per heavy atom. The van der Waals surface area contributed by atoms with Gasteiger partial charge >= 0.3 is 6.18 Å². The number of hydrogen-bond donors (Lipinski definition) is 2. The van der Waals surface area contributed by atoms with Crippen LogP contribution < -0.4 is 10.6 Å². The fraction of sp³-hybridized carbons (Fsp3) is 0.235. The second-order valence-corrected chi connectivity index (χ2v) is 5.16. The molecular weight excluding hydrogens is 335 g/mol. The van der Waals surface area contributed by atoms with Crippen molar-refractivity contribution in [3.05, 3.63) is 59.4 Å². The topological polar surface area (TPSA) is 71.1 Å². The summed E-state index contributed by atoms with van der Waals surface area (Å²) in [6.45, 7) is 2.34. The molecule has 0 radical (unpaired) electrons. The van der Waals surface area contributed by atoms with E-state index in [0.29, 0.717) is 6.54 Å². The van der Waals surface area contributed by atoms with Crippen molar-refractivity contribution in [1.29, 1.82) is 0 Å². The number of nitrogens with zero attached hydrogens (tertiary/aromatic N) is 1. The van der Waals surface area contributed by atoms with Gasteiger partial charge in [0, 0.05) is 6.54 Å². The van der Waals surface area contributed by atoms with Gasteiger partial charge in [-0.25, -0.2) is 4.98 Å². The van der Waals surface area contributed by atoms with Crippen LogP contribution in [0.15, 0.2) is 42.5 Å². The Morgan fingerprint density at radius 1 is 1.00 bits per heavy atom. The zero-order valence-corrected chi connectivity index (χ0v) is 13.4. The molecule has 0 saturated carbocycles. The van der Waals surface area contributed by atoms with Crippen molar-refractivity contribution >= 4 is 17.5 Å². The van der Waals surface area contributed by atoms with Crippen LogP contribution >= 0.6 is 0 Å². The lowest BCUT2D eigenvalue weighted by Crippen LogP contribution is -2.26. The molecule has 5 nitrogen and oxygen atoms in total. The summed E-state index contributed by atoms with van der Waals surface area (Å²) in [5.41, 5.74) is -1.46. The number of para-hydroxylation sites is 1. The lowest BCUT2D eigenvalue weighted by Gasteiger charge is -2.13. The zero-order chi connectivity index (χ0) is 18.4. The average molecular weight is 351 g/mol. The number of carbonyl (C=O) groups is 2. The number of alkyl halides is 3. The highest BCUT2D eigenvalue weighted by Crippen LogP contribution is 2.34. The van der Waals surface area contributed by atoms with E-state index in [2.05, 4.69) is 15.6 Å². The third-order valence-electron chi connectivity index (χ3n) is 3.23. The first-order valence-electron chi connectivity index (χ1n) is 7.55. The van der Waals surface area contributed by atoms with E-state index in [1.165, 1.54) is 30.3 Å². The normalized spacial score (nSPS) is 11.0. The standard InChI is InChI=1S/C17H16F3N3O2/c1-2-10-21-15(24)13-8-5-9-14(22-13)16(25)23-12-7-4-3-6-11(12)17(18,19)20/h3-9H,2,10H2,1H3,(H,21,24)(H,23,25). The number of amides is 2. The molecule has 25 heavy (non-hydrogen) atoms. The number of halogens is 3. The predicted octanol–water partition coefficient (Wildman–Crippen LogP) is 3.49. The third-order valence-corrected chi connectivity index (χ3v) is 3.23. The van der Waals surface area contributed by atoms with Gasteiger partial charge in [0.25, 0.3) is 11.8 Å². The molecule has 1 heterocycles. The summed E-state index contributed by atoms with van der Waals surface area (Å²) in [5.74, 6) is -1.28. The fourth-order valence-corrected chi connectivity index (χ4v) is 2.04. The van der Waals surface area contributed by atoms with Gasteiger partial charge in [-0.15, -0.1) is 0 Å². The molecule has 0 fully saturated rings. The molecule has 0 saturated heterocycles. The second-order valence-electron chi connectivity index (χ2n) is 5.16. The second kappa shape index (κ2) is 7.78. The van der Waals surface area contributed by atoms with E-state index in [-0.39, 0.29) is 17.1 Å². The molecule has 1 aromatic heterocycles. The number of rotatable bonds is 5. The van der Waals surface area contributed by atoms with E-state index in [0.717, 1.165) is 18.6 Å². The van der Waals surface area contributed by atoms with Gasteiger partial charge in [0.15, 0.2) is 0 Å². The highest BCUT2D eigenvalue weighted by atomic mass is 19.4. The van der Waals surface area contributed by atoms with E-state index in [1.54, 1.807) is 0 Å². The SMILES string of the molecule is CCCNC(=O)c1cccc(C(=O)Nc2ccccc2C(F)(F)F)n1. The minimum absolute atomic E-state index is 0.0187. The maximum atomic E-state index is 13.0. The zero-order valence-electron chi connectivity index (χ0n) is 13.4. The van der Waals surface area contributed by atoms with Crippen LogP contribution in [0, 0.1) is 0 Å². The van der Waals surface area contributed by atoms with Gasteiger partial charge < -0.3 is 10.6 Å². The summed E-state index contributed by atoms with van der Waals surface area (Å²) >= 11 is 0. The van der Waals surface area contributed by atoms with Crippen molar-refractivity contribution in [2.24, 2.45) is 0 Å². The molecule has 0 atom stereocenters. The number of carbonyl (C=O) groups excluding carboxylic acids is 2. The number of aromatic nitrogens is 1. The van der Waals surface area contributed by atoms with Gasteiger partial charge in [-0.3, -0.25) is 9.59 Å². The molecule has 0 unspecified atom stereocenters. The van der Waals surface area contributed by atoms with Gasteiger partial charge in [-0.2, -0.15) is 13.2 Å². The molecule has 0 aliphatic heterocycles. The highest BCUT2D eigenvalue weighted by molar-refractivity contribution is 6.04. The highest BCUT2D eigenvalue weighted by Gasteiger charge is 2.33. The summed E-state index contributed by atoms with van der Waals surface area (Å²) in [6.07, 6.45) is -3.86. The van der Waals surface area contributed by atoms with Crippen LogP contribution in [0.5, 0.6) is 0 Å². The van der Waals surface area contributed by atoms with Crippen LogP contribution in [0.3, 0.4) is 0 Å². The molecule has 0 spiro atoms. The molecular formula is C17H16F3N3O2. The quantitative estimate of drug-likeness (QED) is 0.866. The van der Waals surface area contributed by atoms with Gasteiger partial charge in [0.2, 0.25) is 0 Å². The monoisotopic (exact) mass is 351 g/mol. The summed E-state index contributed by atoms with van der Waals surface area (Å²) in [7, 11) is 0. The number of anilines is 1. The first kappa shape index (κ1) is 18.4. The van der Waals surface area contributed by atoms with E-state index in [1.807, 2.05) is 6.92 Å². The maximum Gasteiger partial charge on any atom is 0.418 e.